The molecule has 0 saturated carbocycles. The average Bonchev–Trinajstić information content (AvgIpc) is 2.42. The van der Waals surface area contributed by atoms with E-state index in [0.29, 0.717) is 6.04 Å². The van der Waals surface area contributed by atoms with Crippen molar-refractivity contribution in [3.63, 3.8) is 0 Å². The molecule has 1 aromatic carbocycles. The highest BCUT2D eigenvalue weighted by atomic mass is 79.9. The summed E-state index contributed by atoms with van der Waals surface area (Å²) in [7, 11) is 2.19. The number of hydrogen-bond acceptors (Lipinski definition) is 3. The van der Waals surface area contributed by atoms with Crippen LogP contribution in [0.2, 0.25) is 0 Å². The second-order valence-corrected chi connectivity index (χ2v) is 6.96. The van der Waals surface area contributed by atoms with Crippen LogP contribution in [-0.4, -0.2) is 36.5 Å². The molecule has 0 aliphatic heterocycles. The summed E-state index contributed by atoms with van der Waals surface area (Å²) in [6.07, 6.45) is 4.41. The number of benzene rings is 1. The monoisotopic (exact) mass is 344 g/mol. The predicted molar refractivity (Wildman–Crippen MR) is 90.8 cm³/mol. The van der Waals surface area contributed by atoms with Crippen molar-refractivity contribution < 1.29 is 0 Å². The van der Waals surface area contributed by atoms with Gasteiger partial charge in [0.1, 0.15) is 0 Å². The minimum absolute atomic E-state index is 0.128. The van der Waals surface area contributed by atoms with Gasteiger partial charge < -0.3 is 10.6 Å². The predicted octanol–water partition coefficient (Wildman–Crippen LogP) is 3.91. The van der Waals surface area contributed by atoms with E-state index in [4.69, 9.17) is 5.73 Å². The lowest BCUT2D eigenvalue weighted by Crippen LogP contribution is -2.32. The second-order valence-electron chi connectivity index (χ2n) is 5.06. The molecule has 0 spiro atoms. The Morgan fingerprint density at radius 2 is 1.89 bits per heavy atom. The molecule has 0 bridgehead atoms. The molecule has 19 heavy (non-hydrogen) atoms. The summed E-state index contributed by atoms with van der Waals surface area (Å²) in [4.78, 5) is 2.41. The van der Waals surface area contributed by atoms with Gasteiger partial charge in [0.25, 0.3) is 0 Å². The van der Waals surface area contributed by atoms with Crippen LogP contribution >= 0.6 is 27.7 Å². The number of nitrogens with zero attached hydrogens (tertiary/aromatic N) is 1. The van der Waals surface area contributed by atoms with E-state index in [1.807, 2.05) is 11.8 Å². The fourth-order valence-electron chi connectivity index (χ4n) is 1.95. The zero-order valence-electron chi connectivity index (χ0n) is 12.1. The number of hydrogen-bond donors (Lipinski definition) is 1. The van der Waals surface area contributed by atoms with Crippen molar-refractivity contribution in [3.8, 4) is 0 Å². The molecule has 0 fully saturated rings. The normalized spacial score (nSPS) is 14.6. The first-order chi connectivity index (χ1) is 9.04. The van der Waals surface area contributed by atoms with Gasteiger partial charge in [0, 0.05) is 16.6 Å². The highest BCUT2D eigenvalue weighted by Crippen LogP contribution is 2.18. The van der Waals surface area contributed by atoms with Gasteiger partial charge in [-0.15, -0.1) is 0 Å². The lowest BCUT2D eigenvalue weighted by molar-refractivity contribution is 0.244. The van der Waals surface area contributed by atoms with Crippen molar-refractivity contribution in [3.05, 3.63) is 34.3 Å². The molecule has 4 heteroatoms. The van der Waals surface area contributed by atoms with Crippen LogP contribution in [0.15, 0.2) is 28.7 Å². The highest BCUT2D eigenvalue weighted by molar-refractivity contribution is 9.10. The molecular formula is C15H25BrN2S. The molecule has 0 aliphatic rings. The number of nitrogens with two attached hydrogens (primary N) is 1. The van der Waals surface area contributed by atoms with Crippen molar-refractivity contribution in [2.45, 2.75) is 31.8 Å². The molecule has 108 valence electrons. The maximum Gasteiger partial charge on any atom is 0.0307 e. The van der Waals surface area contributed by atoms with Gasteiger partial charge in [-0.2, -0.15) is 11.8 Å². The molecule has 0 heterocycles. The Labute approximate surface area is 130 Å². The van der Waals surface area contributed by atoms with Crippen LogP contribution in [0.5, 0.6) is 0 Å². The van der Waals surface area contributed by atoms with Crippen molar-refractivity contribution in [2.24, 2.45) is 5.73 Å². The molecule has 0 aliphatic carbocycles. The summed E-state index contributed by atoms with van der Waals surface area (Å²) in [5.41, 5.74) is 7.46. The van der Waals surface area contributed by atoms with Crippen LogP contribution in [0.25, 0.3) is 0 Å². The molecule has 0 aromatic heterocycles. The van der Waals surface area contributed by atoms with Crippen LogP contribution in [-0.2, 0) is 0 Å². The standard InChI is InChI=1S/C15H25BrN2S/c1-12(9-11-19-3)18(2)10-8-15(17)13-4-6-14(16)7-5-13/h4-7,12,15H,8-11,17H2,1-3H3. The van der Waals surface area contributed by atoms with Gasteiger partial charge in [-0.3, -0.25) is 0 Å². The number of thioether (sulfide) groups is 1. The summed E-state index contributed by atoms with van der Waals surface area (Å²) in [5, 5.41) is 0. The quantitative estimate of drug-likeness (QED) is 0.775. The fraction of sp³-hybridized carbons (Fsp3) is 0.600. The SMILES string of the molecule is CSCCC(C)N(C)CCC(N)c1ccc(Br)cc1. The fourth-order valence-corrected chi connectivity index (χ4v) is 2.79. The largest absolute Gasteiger partial charge is 0.324 e. The van der Waals surface area contributed by atoms with Crippen LogP contribution in [0.3, 0.4) is 0 Å². The molecule has 0 radical (unpaired) electrons. The van der Waals surface area contributed by atoms with Crippen LogP contribution < -0.4 is 5.73 Å². The van der Waals surface area contributed by atoms with Crippen molar-refractivity contribution >= 4 is 27.7 Å². The summed E-state index contributed by atoms with van der Waals surface area (Å²) in [6, 6.07) is 9.07. The van der Waals surface area contributed by atoms with Crippen molar-refractivity contribution in [1.82, 2.24) is 4.90 Å². The second kappa shape index (κ2) is 9.01. The van der Waals surface area contributed by atoms with Gasteiger partial charge in [0.05, 0.1) is 0 Å². The van der Waals surface area contributed by atoms with E-state index in [0.717, 1.165) is 17.4 Å². The van der Waals surface area contributed by atoms with Gasteiger partial charge in [-0.05, 0) is 63.1 Å². The van der Waals surface area contributed by atoms with Crippen LogP contribution in [0, 0.1) is 0 Å². The smallest absolute Gasteiger partial charge is 0.0307 e. The molecule has 0 saturated heterocycles. The van der Waals surface area contributed by atoms with Gasteiger partial charge in [-0.1, -0.05) is 28.1 Å². The van der Waals surface area contributed by atoms with Crippen molar-refractivity contribution in [1.29, 1.82) is 0 Å². The average molecular weight is 345 g/mol. The van der Waals surface area contributed by atoms with E-state index in [1.54, 1.807) is 0 Å². The third-order valence-corrected chi connectivity index (χ3v) is 4.76. The molecular weight excluding hydrogens is 320 g/mol. The molecule has 2 atom stereocenters. The maximum absolute atomic E-state index is 6.25. The Morgan fingerprint density at radius 1 is 1.26 bits per heavy atom. The molecule has 2 nitrogen and oxygen atoms in total. The van der Waals surface area contributed by atoms with E-state index in [2.05, 4.69) is 65.3 Å². The third kappa shape index (κ3) is 6.30. The Hall–Kier alpha value is -0.0300. The van der Waals surface area contributed by atoms with E-state index in [1.165, 1.54) is 17.7 Å². The Kier molecular flexibility index (Phi) is 8.07. The lowest BCUT2D eigenvalue weighted by Gasteiger charge is -2.26. The van der Waals surface area contributed by atoms with E-state index in [9.17, 15) is 0 Å². The first kappa shape index (κ1) is 17.0. The summed E-state index contributed by atoms with van der Waals surface area (Å²) in [5.74, 6) is 1.23. The first-order valence-electron chi connectivity index (χ1n) is 6.74. The molecule has 2 N–H and O–H groups in total. The van der Waals surface area contributed by atoms with Gasteiger partial charge >= 0.3 is 0 Å². The first-order valence-corrected chi connectivity index (χ1v) is 8.93. The minimum atomic E-state index is 0.128. The van der Waals surface area contributed by atoms with Crippen LogP contribution in [0.1, 0.15) is 31.4 Å². The van der Waals surface area contributed by atoms with E-state index in [-0.39, 0.29) is 6.04 Å². The lowest BCUT2D eigenvalue weighted by atomic mass is 10.0. The molecule has 1 aromatic rings. The third-order valence-electron chi connectivity index (χ3n) is 3.58. The van der Waals surface area contributed by atoms with Crippen LogP contribution in [0.4, 0.5) is 0 Å². The summed E-state index contributed by atoms with van der Waals surface area (Å²) < 4.78 is 1.10. The van der Waals surface area contributed by atoms with E-state index < -0.39 is 0 Å². The molecule has 2 unspecified atom stereocenters. The summed E-state index contributed by atoms with van der Waals surface area (Å²) in [6.45, 7) is 3.34. The number of rotatable bonds is 8. The number of halogens is 1. The zero-order valence-corrected chi connectivity index (χ0v) is 14.5. The Balaban J connectivity index is 2.36. The highest BCUT2D eigenvalue weighted by Gasteiger charge is 2.11. The molecule has 0 amide bonds. The summed E-state index contributed by atoms with van der Waals surface area (Å²) >= 11 is 5.36. The van der Waals surface area contributed by atoms with E-state index >= 15 is 0 Å². The zero-order chi connectivity index (χ0) is 14.3. The van der Waals surface area contributed by atoms with Crippen molar-refractivity contribution in [2.75, 3.05) is 25.6 Å². The Bertz CT molecular complexity index is 356. The maximum atomic E-state index is 6.25. The van der Waals surface area contributed by atoms with Gasteiger partial charge in [-0.25, -0.2) is 0 Å². The topological polar surface area (TPSA) is 29.3 Å². The molecule has 1 rings (SSSR count). The van der Waals surface area contributed by atoms with Gasteiger partial charge in [0.2, 0.25) is 0 Å². The minimum Gasteiger partial charge on any atom is -0.324 e. The Morgan fingerprint density at radius 3 is 2.47 bits per heavy atom. The van der Waals surface area contributed by atoms with Gasteiger partial charge in [0.15, 0.2) is 0 Å².